The van der Waals surface area contributed by atoms with Gasteiger partial charge in [-0.25, -0.2) is 4.99 Å². The first kappa shape index (κ1) is 18.7. The fourth-order valence-corrected chi connectivity index (χ4v) is 2.63. The Kier molecular flexibility index (Phi) is 7.64. The number of rotatable bonds is 3. The van der Waals surface area contributed by atoms with Gasteiger partial charge in [0.05, 0.1) is 0 Å². The average Bonchev–Trinajstić information content (AvgIpc) is 2.44. The van der Waals surface area contributed by atoms with Gasteiger partial charge in [-0.2, -0.15) is 0 Å². The third-order valence-electron chi connectivity index (χ3n) is 3.59. The van der Waals surface area contributed by atoms with Gasteiger partial charge in [0, 0.05) is 18.8 Å². The van der Waals surface area contributed by atoms with E-state index in [1.165, 1.54) is 6.42 Å². The van der Waals surface area contributed by atoms with Crippen molar-refractivity contribution in [3.63, 3.8) is 0 Å². The SMILES string of the molecule is Cc1cc(C)cc(NC(N)=NCC(=O)N2CCCCC2)c1.I. The molecule has 0 radical (unpaired) electrons. The van der Waals surface area contributed by atoms with Crippen LogP contribution in [-0.4, -0.2) is 36.4 Å². The average molecular weight is 416 g/mol. The first-order valence-corrected chi connectivity index (χ1v) is 7.47. The number of carbonyl (C=O) groups is 1. The Balaban J connectivity index is 0.00000242. The second-order valence-electron chi connectivity index (χ2n) is 5.64. The molecule has 1 amide bonds. The van der Waals surface area contributed by atoms with Crippen LogP contribution in [0.3, 0.4) is 0 Å². The normalized spacial score (nSPS) is 15.2. The van der Waals surface area contributed by atoms with Crippen LogP contribution >= 0.6 is 24.0 Å². The molecule has 0 aromatic heterocycles. The van der Waals surface area contributed by atoms with Gasteiger partial charge in [0.25, 0.3) is 0 Å². The van der Waals surface area contributed by atoms with Crippen LogP contribution in [0.4, 0.5) is 5.69 Å². The van der Waals surface area contributed by atoms with E-state index in [0.29, 0.717) is 0 Å². The molecule has 1 aliphatic heterocycles. The Labute approximate surface area is 149 Å². The van der Waals surface area contributed by atoms with Crippen LogP contribution in [-0.2, 0) is 4.79 Å². The number of nitrogens with zero attached hydrogens (tertiary/aromatic N) is 2. The minimum Gasteiger partial charge on any atom is -0.370 e. The van der Waals surface area contributed by atoms with Crippen molar-refractivity contribution in [2.75, 3.05) is 25.0 Å². The molecule has 0 saturated carbocycles. The lowest BCUT2D eigenvalue weighted by Crippen LogP contribution is -2.37. The molecule has 122 valence electrons. The molecule has 1 aromatic carbocycles. The van der Waals surface area contributed by atoms with Crippen molar-refractivity contribution in [2.24, 2.45) is 10.7 Å². The summed E-state index contributed by atoms with van der Waals surface area (Å²) in [6.07, 6.45) is 3.39. The molecule has 1 aliphatic rings. The van der Waals surface area contributed by atoms with E-state index < -0.39 is 0 Å². The van der Waals surface area contributed by atoms with Crippen molar-refractivity contribution in [1.29, 1.82) is 0 Å². The first-order valence-electron chi connectivity index (χ1n) is 7.47. The lowest BCUT2D eigenvalue weighted by atomic mass is 10.1. The topological polar surface area (TPSA) is 70.7 Å². The van der Waals surface area contributed by atoms with Crippen LogP contribution in [0.2, 0.25) is 0 Å². The maximum Gasteiger partial charge on any atom is 0.244 e. The van der Waals surface area contributed by atoms with Gasteiger partial charge in [0.1, 0.15) is 6.54 Å². The monoisotopic (exact) mass is 416 g/mol. The van der Waals surface area contributed by atoms with Gasteiger partial charge >= 0.3 is 0 Å². The lowest BCUT2D eigenvalue weighted by Gasteiger charge is -2.26. The summed E-state index contributed by atoms with van der Waals surface area (Å²) >= 11 is 0. The van der Waals surface area contributed by atoms with E-state index in [1.54, 1.807) is 0 Å². The first-order chi connectivity index (χ1) is 10.0. The quantitative estimate of drug-likeness (QED) is 0.452. The third kappa shape index (κ3) is 5.82. The summed E-state index contributed by atoms with van der Waals surface area (Å²) in [4.78, 5) is 18.0. The van der Waals surface area contributed by atoms with Gasteiger partial charge in [-0.1, -0.05) is 6.07 Å². The van der Waals surface area contributed by atoms with E-state index in [4.69, 9.17) is 5.73 Å². The minimum atomic E-state index is 0. The Morgan fingerprint density at radius 2 is 1.77 bits per heavy atom. The van der Waals surface area contributed by atoms with Crippen LogP contribution in [0.25, 0.3) is 0 Å². The summed E-state index contributed by atoms with van der Waals surface area (Å²) in [6, 6.07) is 6.10. The summed E-state index contributed by atoms with van der Waals surface area (Å²) in [6.45, 7) is 5.87. The molecule has 0 atom stereocenters. The molecular weight excluding hydrogens is 391 g/mol. The number of amides is 1. The predicted molar refractivity (Wildman–Crippen MR) is 102 cm³/mol. The predicted octanol–water partition coefficient (Wildman–Crippen LogP) is 2.66. The summed E-state index contributed by atoms with van der Waals surface area (Å²) in [7, 11) is 0. The van der Waals surface area contributed by atoms with Crippen molar-refractivity contribution in [3.05, 3.63) is 29.3 Å². The molecule has 0 spiro atoms. The van der Waals surface area contributed by atoms with Crippen molar-refractivity contribution >= 4 is 41.5 Å². The van der Waals surface area contributed by atoms with E-state index in [0.717, 1.165) is 42.7 Å². The number of aryl methyl sites for hydroxylation is 2. The highest BCUT2D eigenvalue weighted by molar-refractivity contribution is 14.0. The van der Waals surface area contributed by atoms with E-state index in [9.17, 15) is 4.79 Å². The van der Waals surface area contributed by atoms with E-state index in [2.05, 4.69) is 16.4 Å². The number of nitrogens with one attached hydrogen (secondary N) is 1. The molecule has 1 saturated heterocycles. The highest BCUT2D eigenvalue weighted by Crippen LogP contribution is 2.13. The summed E-state index contributed by atoms with van der Waals surface area (Å²) in [5.41, 5.74) is 9.08. The van der Waals surface area contributed by atoms with Gasteiger partial charge < -0.3 is 16.0 Å². The number of benzene rings is 1. The number of carbonyl (C=O) groups excluding carboxylic acids is 1. The molecule has 0 unspecified atom stereocenters. The van der Waals surface area contributed by atoms with Gasteiger partial charge in [0.2, 0.25) is 5.91 Å². The molecule has 5 nitrogen and oxygen atoms in total. The Morgan fingerprint density at radius 1 is 1.18 bits per heavy atom. The molecule has 1 aromatic rings. The largest absolute Gasteiger partial charge is 0.370 e. The lowest BCUT2D eigenvalue weighted by molar-refractivity contribution is -0.130. The molecule has 0 bridgehead atoms. The number of likely N-dealkylation sites (tertiary alicyclic amines) is 1. The molecule has 1 heterocycles. The smallest absolute Gasteiger partial charge is 0.244 e. The number of hydrogen-bond acceptors (Lipinski definition) is 2. The Hall–Kier alpha value is -1.31. The van der Waals surface area contributed by atoms with Gasteiger partial charge in [-0.05, 0) is 56.4 Å². The molecule has 2 rings (SSSR count). The minimum absolute atomic E-state index is 0. The van der Waals surface area contributed by atoms with E-state index >= 15 is 0 Å². The number of aliphatic imine (C=N–C) groups is 1. The van der Waals surface area contributed by atoms with Crippen molar-refractivity contribution < 1.29 is 4.79 Å². The zero-order valence-corrected chi connectivity index (χ0v) is 15.6. The number of halogens is 1. The molecule has 3 N–H and O–H groups in total. The standard InChI is InChI=1S/C16H24N4O.HI/c1-12-8-13(2)10-14(9-12)19-16(17)18-11-15(21)20-6-4-3-5-7-20;/h8-10H,3-7,11H2,1-2H3,(H3,17,18,19);1H. The Bertz CT molecular complexity index is 519. The second kappa shape index (κ2) is 8.97. The molecule has 0 aliphatic carbocycles. The number of piperidine rings is 1. The maximum absolute atomic E-state index is 12.0. The summed E-state index contributed by atoms with van der Waals surface area (Å²) in [5, 5.41) is 3.04. The Morgan fingerprint density at radius 3 is 2.36 bits per heavy atom. The van der Waals surface area contributed by atoms with Crippen LogP contribution < -0.4 is 11.1 Å². The highest BCUT2D eigenvalue weighted by Gasteiger charge is 2.15. The van der Waals surface area contributed by atoms with Gasteiger partial charge in [-0.3, -0.25) is 4.79 Å². The molecule has 22 heavy (non-hydrogen) atoms. The van der Waals surface area contributed by atoms with Crippen molar-refractivity contribution in [3.8, 4) is 0 Å². The highest BCUT2D eigenvalue weighted by atomic mass is 127. The number of nitrogens with two attached hydrogens (primary N) is 1. The van der Waals surface area contributed by atoms with E-state index in [-0.39, 0.29) is 42.4 Å². The zero-order chi connectivity index (χ0) is 15.2. The van der Waals surface area contributed by atoms with Crippen LogP contribution in [0.1, 0.15) is 30.4 Å². The van der Waals surface area contributed by atoms with Gasteiger partial charge in [-0.15, -0.1) is 24.0 Å². The molecular formula is C16H25IN4O. The van der Waals surface area contributed by atoms with E-state index in [1.807, 2.05) is 30.9 Å². The fourth-order valence-electron chi connectivity index (χ4n) is 2.63. The van der Waals surface area contributed by atoms with Gasteiger partial charge in [0.15, 0.2) is 5.96 Å². The molecule has 1 fully saturated rings. The second-order valence-corrected chi connectivity index (χ2v) is 5.64. The third-order valence-corrected chi connectivity index (χ3v) is 3.59. The van der Waals surface area contributed by atoms with Crippen molar-refractivity contribution in [2.45, 2.75) is 33.1 Å². The fraction of sp³-hybridized carbons (Fsp3) is 0.500. The zero-order valence-electron chi connectivity index (χ0n) is 13.3. The van der Waals surface area contributed by atoms with Crippen LogP contribution in [0.15, 0.2) is 23.2 Å². The number of hydrogen-bond donors (Lipinski definition) is 2. The number of guanidine groups is 1. The van der Waals surface area contributed by atoms with Crippen molar-refractivity contribution in [1.82, 2.24) is 4.90 Å². The maximum atomic E-state index is 12.0. The van der Waals surface area contributed by atoms with Crippen LogP contribution in [0.5, 0.6) is 0 Å². The summed E-state index contributed by atoms with van der Waals surface area (Å²) in [5.74, 6) is 0.338. The molecule has 6 heteroatoms. The summed E-state index contributed by atoms with van der Waals surface area (Å²) < 4.78 is 0. The van der Waals surface area contributed by atoms with Crippen LogP contribution in [0, 0.1) is 13.8 Å². The number of anilines is 1.